The summed E-state index contributed by atoms with van der Waals surface area (Å²) < 4.78 is 21.1. The summed E-state index contributed by atoms with van der Waals surface area (Å²) in [5.41, 5.74) is 1.78. The number of aromatic nitrogens is 1. The highest BCUT2D eigenvalue weighted by molar-refractivity contribution is 6.04. The molecule has 1 aliphatic rings. The third-order valence-corrected chi connectivity index (χ3v) is 4.33. The van der Waals surface area contributed by atoms with E-state index in [2.05, 4.69) is 15.6 Å². The van der Waals surface area contributed by atoms with Crippen molar-refractivity contribution in [3.8, 4) is 23.0 Å². The average Bonchev–Trinajstić information content (AvgIpc) is 3.22. The maximum atomic E-state index is 12.5. The smallest absolute Gasteiger partial charge is 0.257 e. The fourth-order valence-corrected chi connectivity index (χ4v) is 2.82. The first kappa shape index (κ1) is 18.4. The van der Waals surface area contributed by atoms with Crippen LogP contribution in [0.15, 0.2) is 54.7 Å². The van der Waals surface area contributed by atoms with Gasteiger partial charge in [0.05, 0.1) is 25.5 Å². The zero-order chi connectivity index (χ0) is 20.2. The molecule has 4 rings (SSSR count). The van der Waals surface area contributed by atoms with Gasteiger partial charge >= 0.3 is 0 Å². The Balaban J connectivity index is 1.44. The molecular weight excluding hydrogens is 374 g/mol. The minimum absolute atomic E-state index is 0.185. The lowest BCUT2D eigenvalue weighted by Gasteiger charge is -2.12. The quantitative estimate of drug-likeness (QED) is 0.658. The molecule has 1 amide bonds. The van der Waals surface area contributed by atoms with Crippen molar-refractivity contribution < 1.29 is 23.7 Å². The standard InChI is InChI=1S/C21H19N3O5/c1-26-15-5-6-16(18(10-15)27-2)24-20-8-3-13(11-22-20)21(25)23-14-4-7-17-19(9-14)29-12-28-17/h3-11H,12H2,1-2H3,(H,22,24)(H,23,25). The van der Waals surface area contributed by atoms with Crippen LogP contribution in [-0.2, 0) is 0 Å². The second-order valence-corrected chi connectivity index (χ2v) is 6.15. The summed E-state index contributed by atoms with van der Waals surface area (Å²) in [6.07, 6.45) is 1.50. The Hall–Kier alpha value is -3.94. The zero-order valence-corrected chi connectivity index (χ0v) is 15.9. The van der Waals surface area contributed by atoms with E-state index < -0.39 is 0 Å². The van der Waals surface area contributed by atoms with Crippen molar-refractivity contribution in [1.29, 1.82) is 0 Å². The molecule has 0 atom stereocenters. The lowest BCUT2D eigenvalue weighted by atomic mass is 10.2. The molecule has 2 heterocycles. The molecule has 1 aliphatic heterocycles. The summed E-state index contributed by atoms with van der Waals surface area (Å²) in [7, 11) is 3.17. The van der Waals surface area contributed by atoms with Crippen molar-refractivity contribution in [2.75, 3.05) is 31.6 Å². The number of carbonyl (C=O) groups excluding carboxylic acids is 1. The predicted octanol–water partition coefficient (Wildman–Crippen LogP) is 3.82. The Morgan fingerprint density at radius 2 is 1.86 bits per heavy atom. The fourth-order valence-electron chi connectivity index (χ4n) is 2.82. The molecule has 0 saturated carbocycles. The van der Waals surface area contributed by atoms with Gasteiger partial charge in [0.2, 0.25) is 6.79 Å². The molecule has 0 unspecified atom stereocenters. The first-order valence-corrected chi connectivity index (χ1v) is 8.82. The maximum Gasteiger partial charge on any atom is 0.257 e. The van der Waals surface area contributed by atoms with Crippen molar-refractivity contribution >= 4 is 23.1 Å². The summed E-state index contributed by atoms with van der Waals surface area (Å²) in [4.78, 5) is 16.8. The van der Waals surface area contributed by atoms with E-state index in [-0.39, 0.29) is 12.7 Å². The van der Waals surface area contributed by atoms with Gasteiger partial charge in [-0.3, -0.25) is 4.79 Å². The molecule has 0 fully saturated rings. The number of fused-ring (bicyclic) bond motifs is 1. The number of pyridine rings is 1. The van der Waals surface area contributed by atoms with Gasteiger partial charge in [0.25, 0.3) is 5.91 Å². The lowest BCUT2D eigenvalue weighted by molar-refractivity contribution is 0.102. The van der Waals surface area contributed by atoms with Gasteiger partial charge in [-0.05, 0) is 36.4 Å². The van der Waals surface area contributed by atoms with E-state index in [0.717, 1.165) is 5.69 Å². The van der Waals surface area contributed by atoms with Crippen molar-refractivity contribution in [2.24, 2.45) is 0 Å². The van der Waals surface area contributed by atoms with E-state index in [1.807, 2.05) is 12.1 Å². The van der Waals surface area contributed by atoms with Gasteiger partial charge < -0.3 is 29.6 Å². The van der Waals surface area contributed by atoms with E-state index >= 15 is 0 Å². The third kappa shape index (κ3) is 4.01. The van der Waals surface area contributed by atoms with Crippen LogP contribution in [0.3, 0.4) is 0 Å². The highest BCUT2D eigenvalue weighted by Crippen LogP contribution is 2.34. The Labute approximate surface area is 167 Å². The number of carbonyl (C=O) groups is 1. The van der Waals surface area contributed by atoms with Crippen LogP contribution in [0.25, 0.3) is 0 Å². The Morgan fingerprint density at radius 1 is 1.00 bits per heavy atom. The van der Waals surface area contributed by atoms with Gasteiger partial charge in [0.1, 0.15) is 17.3 Å². The van der Waals surface area contributed by atoms with Gasteiger partial charge in [-0.25, -0.2) is 4.98 Å². The molecule has 0 aliphatic carbocycles. The molecule has 0 radical (unpaired) electrons. The topological polar surface area (TPSA) is 90.9 Å². The normalized spacial score (nSPS) is 11.7. The van der Waals surface area contributed by atoms with Gasteiger partial charge in [-0.15, -0.1) is 0 Å². The first-order valence-electron chi connectivity index (χ1n) is 8.82. The summed E-state index contributed by atoms with van der Waals surface area (Å²) in [5, 5.41) is 5.98. The predicted molar refractivity (Wildman–Crippen MR) is 108 cm³/mol. The number of amides is 1. The number of hydrogen-bond donors (Lipinski definition) is 2. The molecular formula is C21H19N3O5. The molecule has 0 spiro atoms. The van der Waals surface area contributed by atoms with Gasteiger partial charge in [-0.1, -0.05) is 0 Å². The molecule has 8 heteroatoms. The molecule has 8 nitrogen and oxygen atoms in total. The van der Waals surface area contributed by atoms with E-state index in [4.69, 9.17) is 18.9 Å². The van der Waals surface area contributed by atoms with Gasteiger partial charge in [0.15, 0.2) is 11.5 Å². The Bertz CT molecular complexity index is 1040. The van der Waals surface area contributed by atoms with Gasteiger partial charge in [0, 0.05) is 24.0 Å². The first-order chi connectivity index (χ1) is 14.2. The molecule has 29 heavy (non-hydrogen) atoms. The Morgan fingerprint density at radius 3 is 2.62 bits per heavy atom. The number of benzene rings is 2. The van der Waals surface area contributed by atoms with E-state index in [1.54, 1.807) is 50.6 Å². The number of hydrogen-bond acceptors (Lipinski definition) is 7. The average molecular weight is 393 g/mol. The fraction of sp³-hybridized carbons (Fsp3) is 0.143. The second kappa shape index (κ2) is 7.97. The van der Waals surface area contributed by atoms with Crippen LogP contribution >= 0.6 is 0 Å². The van der Waals surface area contributed by atoms with Crippen LogP contribution in [0, 0.1) is 0 Å². The lowest BCUT2D eigenvalue weighted by Crippen LogP contribution is -2.12. The van der Waals surface area contributed by atoms with Crippen molar-refractivity contribution in [1.82, 2.24) is 4.98 Å². The van der Waals surface area contributed by atoms with E-state index in [9.17, 15) is 4.79 Å². The minimum Gasteiger partial charge on any atom is -0.497 e. The molecule has 148 valence electrons. The number of nitrogens with zero attached hydrogens (tertiary/aromatic N) is 1. The number of methoxy groups -OCH3 is 2. The van der Waals surface area contributed by atoms with Gasteiger partial charge in [-0.2, -0.15) is 0 Å². The summed E-state index contributed by atoms with van der Waals surface area (Å²) in [6, 6.07) is 14.1. The molecule has 3 aromatic rings. The van der Waals surface area contributed by atoms with Crippen molar-refractivity contribution in [3.63, 3.8) is 0 Å². The van der Waals surface area contributed by atoms with Crippen LogP contribution in [0.5, 0.6) is 23.0 Å². The summed E-state index contributed by atoms with van der Waals surface area (Å²) >= 11 is 0. The largest absolute Gasteiger partial charge is 0.497 e. The van der Waals surface area contributed by atoms with Crippen LogP contribution in [0.1, 0.15) is 10.4 Å². The van der Waals surface area contributed by atoms with Crippen LogP contribution in [-0.4, -0.2) is 31.9 Å². The van der Waals surface area contributed by atoms with Crippen LogP contribution in [0.4, 0.5) is 17.2 Å². The highest BCUT2D eigenvalue weighted by atomic mass is 16.7. The highest BCUT2D eigenvalue weighted by Gasteiger charge is 2.15. The second-order valence-electron chi connectivity index (χ2n) is 6.15. The van der Waals surface area contributed by atoms with E-state index in [1.165, 1.54) is 6.20 Å². The number of anilines is 3. The maximum absolute atomic E-state index is 12.5. The van der Waals surface area contributed by atoms with Crippen LogP contribution < -0.4 is 29.6 Å². The molecule has 2 aromatic carbocycles. The van der Waals surface area contributed by atoms with E-state index in [0.29, 0.717) is 40.1 Å². The van der Waals surface area contributed by atoms with Crippen molar-refractivity contribution in [3.05, 3.63) is 60.3 Å². The number of nitrogens with one attached hydrogen (secondary N) is 2. The zero-order valence-electron chi connectivity index (χ0n) is 15.9. The Kier molecular flexibility index (Phi) is 5.07. The molecule has 0 bridgehead atoms. The summed E-state index contributed by atoms with van der Waals surface area (Å²) in [5.74, 6) is 2.88. The molecule has 2 N–H and O–H groups in total. The molecule has 0 saturated heterocycles. The number of rotatable bonds is 6. The van der Waals surface area contributed by atoms with Crippen molar-refractivity contribution in [2.45, 2.75) is 0 Å². The van der Waals surface area contributed by atoms with Crippen LogP contribution in [0.2, 0.25) is 0 Å². The number of ether oxygens (including phenoxy) is 4. The monoisotopic (exact) mass is 393 g/mol. The molecule has 1 aromatic heterocycles. The SMILES string of the molecule is COc1ccc(Nc2ccc(C(=O)Nc3ccc4c(c3)OCO4)cn2)c(OC)c1. The third-order valence-electron chi connectivity index (χ3n) is 4.33. The minimum atomic E-state index is -0.273. The summed E-state index contributed by atoms with van der Waals surface area (Å²) in [6.45, 7) is 0.185.